The molecule has 0 spiro atoms. The van der Waals surface area contributed by atoms with Crippen LogP contribution in [0.2, 0.25) is 0 Å². The molecule has 0 aliphatic carbocycles. The third-order valence-electron chi connectivity index (χ3n) is 7.33. The molecule has 2 aromatic carbocycles. The molecule has 5 heterocycles. The largest absolute Gasteiger partial charge is 0.410 e. The summed E-state index contributed by atoms with van der Waals surface area (Å²) >= 11 is 0. The fraction of sp³-hybridized carbons (Fsp3) is 0.250. The Bertz CT molecular complexity index is 1830. The summed E-state index contributed by atoms with van der Waals surface area (Å²) in [5.74, 6) is 0.798. The second-order valence-corrected chi connectivity index (χ2v) is 10.2. The summed E-state index contributed by atoms with van der Waals surface area (Å²) in [4.78, 5) is 9.12. The number of anilines is 1. The van der Waals surface area contributed by atoms with E-state index in [-0.39, 0.29) is 23.8 Å². The van der Waals surface area contributed by atoms with E-state index in [9.17, 15) is 13.2 Å². The first kappa shape index (κ1) is 24.3. The number of nitrogens with zero attached hydrogens (tertiary/aromatic N) is 8. The normalized spacial score (nSPS) is 17.4. The molecule has 0 radical (unpaired) electrons. The lowest BCUT2D eigenvalue weighted by Crippen LogP contribution is -2.35. The summed E-state index contributed by atoms with van der Waals surface area (Å²) < 4.78 is 46.9. The standard InChI is InChI=1S/C28H24F3N9/c1-16(2)17-8-10-18(11-9-17)21-12-23(28(29,30)31)40-24(34-21)13-22(36-40)25-35-27-20-14-33-39(19-6-4-3-5-7-19)26(20)32-15-38(27)37-25/h3-11,13-16,21,23,34H,12H2,1-2H3/t21-,23+/m0/s1. The number of alkyl halides is 3. The number of halogens is 3. The van der Waals surface area contributed by atoms with Gasteiger partial charge >= 0.3 is 6.18 Å². The molecule has 0 bridgehead atoms. The highest BCUT2D eigenvalue weighted by molar-refractivity contribution is 5.89. The highest BCUT2D eigenvalue weighted by Gasteiger charge is 2.46. The van der Waals surface area contributed by atoms with Gasteiger partial charge in [0.1, 0.15) is 17.8 Å². The maximum Gasteiger partial charge on any atom is 0.410 e. The van der Waals surface area contributed by atoms with Gasteiger partial charge in [-0.3, -0.25) is 0 Å². The van der Waals surface area contributed by atoms with Gasteiger partial charge in [0.2, 0.25) is 5.82 Å². The maximum atomic E-state index is 14.2. The van der Waals surface area contributed by atoms with Crippen LogP contribution in [-0.4, -0.2) is 45.3 Å². The predicted octanol–water partition coefficient (Wildman–Crippen LogP) is 6.11. The van der Waals surface area contributed by atoms with Crippen LogP contribution >= 0.6 is 0 Å². The van der Waals surface area contributed by atoms with Gasteiger partial charge in [-0.15, -0.1) is 5.10 Å². The van der Waals surface area contributed by atoms with Crippen LogP contribution in [-0.2, 0) is 0 Å². The van der Waals surface area contributed by atoms with E-state index in [0.717, 1.165) is 21.5 Å². The highest BCUT2D eigenvalue weighted by Crippen LogP contribution is 2.44. The number of fused-ring (bicyclic) bond motifs is 4. The van der Waals surface area contributed by atoms with Gasteiger partial charge in [0, 0.05) is 12.5 Å². The highest BCUT2D eigenvalue weighted by atomic mass is 19.4. The Kier molecular flexibility index (Phi) is 5.41. The number of hydrogen-bond donors (Lipinski definition) is 1. The van der Waals surface area contributed by atoms with E-state index in [1.165, 1.54) is 10.8 Å². The molecule has 12 heteroatoms. The summed E-state index contributed by atoms with van der Waals surface area (Å²) in [6.45, 7) is 4.16. The lowest BCUT2D eigenvalue weighted by atomic mass is 9.94. The Labute approximate surface area is 226 Å². The van der Waals surface area contributed by atoms with E-state index in [0.29, 0.717) is 22.6 Å². The summed E-state index contributed by atoms with van der Waals surface area (Å²) in [6, 6.07) is 16.5. The molecule has 202 valence electrons. The Morgan fingerprint density at radius 2 is 1.75 bits per heavy atom. The molecule has 1 N–H and O–H groups in total. The van der Waals surface area contributed by atoms with Crippen LogP contribution in [0.1, 0.15) is 49.4 Å². The lowest BCUT2D eigenvalue weighted by molar-refractivity contribution is -0.173. The van der Waals surface area contributed by atoms with Crippen molar-refractivity contribution in [1.82, 2.24) is 39.1 Å². The zero-order valence-electron chi connectivity index (χ0n) is 21.6. The number of benzene rings is 2. The third kappa shape index (κ3) is 3.98. The Morgan fingerprint density at radius 1 is 0.975 bits per heavy atom. The molecule has 9 nitrogen and oxygen atoms in total. The van der Waals surface area contributed by atoms with Gasteiger partial charge in [0.05, 0.1) is 23.3 Å². The number of para-hydroxylation sites is 1. The minimum Gasteiger partial charge on any atom is -0.363 e. The topological polar surface area (TPSA) is 90.8 Å². The van der Waals surface area contributed by atoms with E-state index in [4.69, 9.17) is 0 Å². The lowest BCUT2D eigenvalue weighted by Gasteiger charge is -2.33. The van der Waals surface area contributed by atoms with Crippen LogP contribution in [0.4, 0.5) is 19.0 Å². The molecule has 1 aliphatic heterocycles. The van der Waals surface area contributed by atoms with Crippen LogP contribution in [0.15, 0.2) is 73.2 Å². The van der Waals surface area contributed by atoms with Crippen molar-refractivity contribution in [1.29, 1.82) is 0 Å². The van der Waals surface area contributed by atoms with Gasteiger partial charge < -0.3 is 5.32 Å². The number of aromatic nitrogens is 8. The fourth-order valence-corrected chi connectivity index (χ4v) is 5.20. The quantitative estimate of drug-likeness (QED) is 0.289. The molecule has 0 saturated carbocycles. The van der Waals surface area contributed by atoms with E-state index in [1.54, 1.807) is 16.9 Å². The number of nitrogens with one attached hydrogen (secondary N) is 1. The van der Waals surface area contributed by atoms with E-state index in [1.807, 2.05) is 54.6 Å². The zero-order chi connectivity index (χ0) is 27.6. The SMILES string of the molecule is CC(C)c1ccc([C@@H]2C[C@H](C(F)(F)F)n3nc(-c4nc5c6cnn(-c7ccccc7)c6ncn5n4)cc3N2)cc1. The van der Waals surface area contributed by atoms with Gasteiger partial charge in [0.15, 0.2) is 17.3 Å². The first-order valence-electron chi connectivity index (χ1n) is 12.9. The molecule has 6 aromatic rings. The second-order valence-electron chi connectivity index (χ2n) is 10.2. The monoisotopic (exact) mass is 543 g/mol. The van der Waals surface area contributed by atoms with Gasteiger partial charge in [-0.1, -0.05) is 56.3 Å². The number of rotatable bonds is 4. The molecule has 0 unspecified atom stereocenters. The van der Waals surface area contributed by atoms with E-state index < -0.39 is 18.3 Å². The van der Waals surface area contributed by atoms with E-state index >= 15 is 0 Å². The van der Waals surface area contributed by atoms with Crippen molar-refractivity contribution in [3.63, 3.8) is 0 Å². The van der Waals surface area contributed by atoms with Crippen molar-refractivity contribution in [3.05, 3.63) is 84.3 Å². The molecule has 7 rings (SSSR count). The first-order chi connectivity index (χ1) is 19.3. The first-order valence-corrected chi connectivity index (χ1v) is 12.9. The summed E-state index contributed by atoms with van der Waals surface area (Å²) in [6.07, 6.45) is -1.50. The van der Waals surface area contributed by atoms with Gasteiger partial charge in [0.25, 0.3) is 0 Å². The van der Waals surface area contributed by atoms with Crippen molar-refractivity contribution < 1.29 is 13.2 Å². The van der Waals surface area contributed by atoms with Crippen LogP contribution in [0.5, 0.6) is 0 Å². The molecular formula is C28H24F3N9. The Hall–Kier alpha value is -4.74. The molecule has 2 atom stereocenters. The van der Waals surface area contributed by atoms with E-state index in [2.05, 4.69) is 44.4 Å². The van der Waals surface area contributed by atoms with Gasteiger partial charge in [-0.2, -0.15) is 23.4 Å². The van der Waals surface area contributed by atoms with Crippen molar-refractivity contribution in [2.75, 3.05) is 5.32 Å². The van der Waals surface area contributed by atoms with Crippen molar-refractivity contribution in [3.8, 4) is 17.2 Å². The van der Waals surface area contributed by atoms with Crippen LogP contribution in [0.3, 0.4) is 0 Å². The zero-order valence-corrected chi connectivity index (χ0v) is 21.6. The van der Waals surface area contributed by atoms with Crippen LogP contribution in [0.25, 0.3) is 33.9 Å². The van der Waals surface area contributed by atoms with Crippen molar-refractivity contribution in [2.24, 2.45) is 0 Å². The molecule has 1 aliphatic rings. The average Bonchev–Trinajstić information content (AvgIpc) is 3.68. The van der Waals surface area contributed by atoms with Gasteiger partial charge in [-0.05, 0) is 29.2 Å². The minimum atomic E-state index is -4.48. The van der Waals surface area contributed by atoms with Gasteiger partial charge in [-0.25, -0.2) is 23.8 Å². The molecule has 40 heavy (non-hydrogen) atoms. The van der Waals surface area contributed by atoms with Crippen LogP contribution < -0.4 is 5.32 Å². The Morgan fingerprint density at radius 3 is 2.48 bits per heavy atom. The smallest absolute Gasteiger partial charge is 0.363 e. The van der Waals surface area contributed by atoms with Crippen molar-refractivity contribution >= 4 is 22.5 Å². The predicted molar refractivity (Wildman–Crippen MR) is 143 cm³/mol. The maximum absolute atomic E-state index is 14.2. The summed E-state index contributed by atoms with van der Waals surface area (Å²) in [5.41, 5.74) is 4.08. The minimum absolute atomic E-state index is 0.180. The second kappa shape index (κ2) is 8.90. The molecule has 0 fully saturated rings. The third-order valence-corrected chi connectivity index (χ3v) is 7.33. The number of hydrogen-bond acceptors (Lipinski definition) is 6. The Balaban J connectivity index is 1.27. The molecular weight excluding hydrogens is 519 g/mol. The molecule has 0 amide bonds. The molecule has 4 aromatic heterocycles. The average molecular weight is 544 g/mol. The molecule has 0 saturated heterocycles. The fourth-order valence-electron chi connectivity index (χ4n) is 5.20. The van der Waals surface area contributed by atoms with Crippen LogP contribution in [0, 0.1) is 0 Å². The summed E-state index contributed by atoms with van der Waals surface area (Å²) in [5, 5.41) is 17.2. The van der Waals surface area contributed by atoms with Crippen molar-refractivity contribution in [2.45, 2.75) is 44.4 Å². The summed E-state index contributed by atoms with van der Waals surface area (Å²) in [7, 11) is 0.